The van der Waals surface area contributed by atoms with Gasteiger partial charge in [-0.1, -0.05) is 38.9 Å². The van der Waals surface area contributed by atoms with Crippen LogP contribution in [0.25, 0.3) is 0 Å². The lowest BCUT2D eigenvalue weighted by molar-refractivity contribution is 1.28. The fraction of sp³-hybridized carbons (Fsp3) is 0.833. The summed E-state index contributed by atoms with van der Waals surface area (Å²) in [5, 5.41) is 0. The van der Waals surface area contributed by atoms with E-state index in [9.17, 15) is 0 Å². The maximum absolute atomic E-state index is 3.89. The van der Waals surface area contributed by atoms with Crippen LogP contribution in [0, 0.1) is 6.92 Å². The van der Waals surface area contributed by atoms with E-state index in [1.165, 1.54) is 18.1 Å². The summed E-state index contributed by atoms with van der Waals surface area (Å²) in [7, 11) is -0.282. The summed E-state index contributed by atoms with van der Waals surface area (Å²) in [6.45, 7) is 8.46. The summed E-state index contributed by atoms with van der Waals surface area (Å²) in [4.78, 5) is 0. The molecule has 0 aromatic rings. The zero-order valence-corrected chi connectivity index (χ0v) is 6.56. The summed E-state index contributed by atoms with van der Waals surface area (Å²) in [5.41, 5.74) is 0. The van der Waals surface area contributed by atoms with E-state index in [1.807, 2.05) is 0 Å². The van der Waals surface area contributed by atoms with Crippen molar-refractivity contribution in [3.63, 3.8) is 0 Å². The van der Waals surface area contributed by atoms with Crippen molar-refractivity contribution in [2.75, 3.05) is 0 Å². The maximum atomic E-state index is 3.89. The van der Waals surface area contributed by atoms with E-state index in [2.05, 4.69) is 20.8 Å². The fourth-order valence-electron chi connectivity index (χ4n) is 0.697. The van der Waals surface area contributed by atoms with Gasteiger partial charge in [0.05, 0.1) is 0 Å². The van der Waals surface area contributed by atoms with Crippen LogP contribution in [0.1, 0.15) is 13.8 Å². The molecule has 0 aliphatic carbocycles. The number of hydrogen-bond acceptors (Lipinski definition) is 0. The van der Waals surface area contributed by atoms with Crippen molar-refractivity contribution in [1.82, 2.24) is 0 Å². The first kappa shape index (κ1) is 7.22. The van der Waals surface area contributed by atoms with Gasteiger partial charge in [-0.25, -0.2) is 0 Å². The van der Waals surface area contributed by atoms with Gasteiger partial charge in [0, 0.05) is 8.80 Å². The molecule has 43 valence electrons. The topological polar surface area (TPSA) is 0 Å². The van der Waals surface area contributed by atoms with Gasteiger partial charge >= 0.3 is 0 Å². The molecule has 0 heterocycles. The van der Waals surface area contributed by atoms with Gasteiger partial charge in [-0.2, -0.15) is 0 Å². The average molecular weight is 115 g/mol. The lowest BCUT2D eigenvalue weighted by atomic mass is 10.9. The van der Waals surface area contributed by atoms with E-state index < -0.39 is 0 Å². The van der Waals surface area contributed by atoms with Gasteiger partial charge in [-0.15, -0.1) is 0 Å². The van der Waals surface area contributed by atoms with Crippen molar-refractivity contribution < 1.29 is 0 Å². The largest absolute Gasteiger partial charge is 0.0680 e. The lowest BCUT2D eigenvalue weighted by Gasteiger charge is -2.03. The van der Waals surface area contributed by atoms with Gasteiger partial charge < -0.3 is 0 Å². The second kappa shape index (κ2) is 4.38. The molecule has 1 radical (unpaired) electrons. The Morgan fingerprint density at radius 1 is 1.29 bits per heavy atom. The highest BCUT2D eigenvalue weighted by atomic mass is 28.3. The minimum absolute atomic E-state index is 0.282. The molecule has 7 heavy (non-hydrogen) atoms. The van der Waals surface area contributed by atoms with Crippen LogP contribution in [-0.4, -0.2) is 8.80 Å². The van der Waals surface area contributed by atoms with Gasteiger partial charge in [0.2, 0.25) is 0 Å². The third-order valence-corrected chi connectivity index (χ3v) is 4.69. The molecule has 0 N–H and O–H groups in total. The minimum Gasteiger partial charge on any atom is -0.0680 e. The van der Waals surface area contributed by atoms with Crippen molar-refractivity contribution in [3.05, 3.63) is 6.92 Å². The molecule has 0 fully saturated rings. The summed E-state index contributed by atoms with van der Waals surface area (Å²) in [6.07, 6.45) is 0. The summed E-state index contributed by atoms with van der Waals surface area (Å²) in [5.74, 6) is 0. The molecule has 1 heteroatoms. The van der Waals surface area contributed by atoms with Crippen molar-refractivity contribution in [2.24, 2.45) is 0 Å². The molecule has 0 saturated heterocycles. The Morgan fingerprint density at radius 3 is 1.71 bits per heavy atom. The average Bonchev–Trinajstić information content (AvgIpc) is 1.72. The molecular formula is C6H15Si. The van der Waals surface area contributed by atoms with Gasteiger partial charge in [0.25, 0.3) is 0 Å². The quantitative estimate of drug-likeness (QED) is 0.494. The van der Waals surface area contributed by atoms with Crippen LogP contribution in [0.15, 0.2) is 0 Å². The van der Waals surface area contributed by atoms with Crippen LogP contribution in [-0.2, 0) is 0 Å². The predicted octanol–water partition coefficient (Wildman–Crippen LogP) is 2.09. The van der Waals surface area contributed by atoms with E-state index in [4.69, 9.17) is 0 Å². The molecular weight excluding hydrogens is 100 g/mol. The van der Waals surface area contributed by atoms with E-state index >= 15 is 0 Å². The Bertz CT molecular complexity index is 25.7. The highest BCUT2D eigenvalue weighted by molar-refractivity contribution is 6.58. The smallest absolute Gasteiger partial charge is 0.0362 e. The van der Waals surface area contributed by atoms with E-state index in [1.54, 1.807) is 0 Å². The Hall–Kier alpha value is 0.217. The molecule has 0 saturated carbocycles. The SMILES string of the molecule is [CH2]C[SiH](CC)CC. The third-order valence-electron chi connectivity index (χ3n) is 1.56. The maximum Gasteiger partial charge on any atom is 0.0362 e. The first-order valence-electron chi connectivity index (χ1n) is 3.14. The van der Waals surface area contributed by atoms with Crippen LogP contribution in [0.5, 0.6) is 0 Å². The minimum atomic E-state index is -0.282. The van der Waals surface area contributed by atoms with Crippen LogP contribution < -0.4 is 0 Å². The fourth-order valence-corrected chi connectivity index (χ4v) is 2.09. The van der Waals surface area contributed by atoms with Crippen LogP contribution >= 0.6 is 0 Å². The Kier molecular flexibility index (Phi) is 4.51. The molecule has 0 aromatic carbocycles. The highest BCUT2D eigenvalue weighted by Crippen LogP contribution is 2.01. The summed E-state index contributed by atoms with van der Waals surface area (Å²) in [6, 6.07) is 4.10. The summed E-state index contributed by atoms with van der Waals surface area (Å²) >= 11 is 0. The van der Waals surface area contributed by atoms with Gasteiger partial charge in [0.15, 0.2) is 0 Å². The highest BCUT2D eigenvalue weighted by Gasteiger charge is 1.98. The molecule has 0 nitrogen and oxygen atoms in total. The first-order valence-corrected chi connectivity index (χ1v) is 5.59. The second-order valence-electron chi connectivity index (χ2n) is 1.97. The standard InChI is InChI=1S/C6H15Si/c1-4-7(5-2)6-3/h7H,1,4-6H2,2-3H3. The van der Waals surface area contributed by atoms with Gasteiger partial charge in [0.1, 0.15) is 0 Å². The van der Waals surface area contributed by atoms with Crippen molar-refractivity contribution >= 4 is 8.80 Å². The molecule has 0 bridgehead atoms. The molecule has 0 spiro atoms. The predicted molar refractivity (Wildman–Crippen MR) is 38.3 cm³/mol. The van der Waals surface area contributed by atoms with E-state index in [0.29, 0.717) is 0 Å². The van der Waals surface area contributed by atoms with Crippen LogP contribution in [0.2, 0.25) is 18.1 Å². The molecule has 0 amide bonds. The van der Waals surface area contributed by atoms with Gasteiger partial charge in [-0.3, -0.25) is 0 Å². The van der Waals surface area contributed by atoms with E-state index in [-0.39, 0.29) is 8.80 Å². The van der Waals surface area contributed by atoms with Crippen LogP contribution in [0.4, 0.5) is 0 Å². The molecule has 0 rings (SSSR count). The normalized spacial score (nSPS) is 10.3. The first-order chi connectivity index (χ1) is 3.35. The molecule has 0 atom stereocenters. The second-order valence-corrected chi connectivity index (χ2v) is 5.91. The Morgan fingerprint density at radius 2 is 1.71 bits per heavy atom. The lowest BCUT2D eigenvalue weighted by Crippen LogP contribution is -2.05. The van der Waals surface area contributed by atoms with Crippen molar-refractivity contribution in [3.8, 4) is 0 Å². The Labute approximate surface area is 48.5 Å². The van der Waals surface area contributed by atoms with Crippen LogP contribution in [0.3, 0.4) is 0 Å². The van der Waals surface area contributed by atoms with Crippen molar-refractivity contribution in [1.29, 1.82) is 0 Å². The summed E-state index contributed by atoms with van der Waals surface area (Å²) < 4.78 is 0. The zero-order chi connectivity index (χ0) is 5.70. The molecule has 0 aliphatic heterocycles. The zero-order valence-electron chi connectivity index (χ0n) is 5.41. The van der Waals surface area contributed by atoms with E-state index in [0.717, 1.165) is 0 Å². The number of hydrogen-bond donors (Lipinski definition) is 0. The van der Waals surface area contributed by atoms with Gasteiger partial charge in [-0.05, 0) is 0 Å². The number of rotatable bonds is 3. The Balaban J connectivity index is 2.99. The van der Waals surface area contributed by atoms with Crippen molar-refractivity contribution in [2.45, 2.75) is 32.0 Å². The molecule has 0 aliphatic rings. The molecule has 0 aromatic heterocycles. The molecule has 0 unspecified atom stereocenters. The monoisotopic (exact) mass is 115 g/mol. The third kappa shape index (κ3) is 2.86.